The maximum Gasteiger partial charge on any atom is 0.164 e. The molecule has 108 heavy (non-hydrogen) atoms. The van der Waals surface area contributed by atoms with Crippen LogP contribution in [0.5, 0.6) is 0 Å². The van der Waals surface area contributed by atoms with Crippen molar-refractivity contribution in [3.05, 3.63) is 331 Å². The Morgan fingerprint density at radius 1 is 0.324 bits per heavy atom. The summed E-state index contributed by atoms with van der Waals surface area (Å²) in [7, 11) is 0. The van der Waals surface area contributed by atoms with Crippen molar-refractivity contribution < 1.29 is 0 Å². The zero-order chi connectivity index (χ0) is 72.8. The second kappa shape index (κ2) is 24.9. The molecule has 8 heteroatoms. The smallest absolute Gasteiger partial charge is 0.164 e. The van der Waals surface area contributed by atoms with Crippen LogP contribution in [0.4, 0.5) is 11.4 Å². The molecule has 0 bridgehead atoms. The van der Waals surface area contributed by atoms with Crippen LogP contribution >= 0.6 is 0 Å². The van der Waals surface area contributed by atoms with Crippen molar-refractivity contribution in [2.75, 3.05) is 4.90 Å². The van der Waals surface area contributed by atoms with Crippen LogP contribution in [0.25, 0.3) is 139 Å². The van der Waals surface area contributed by atoms with E-state index in [1.807, 2.05) is 18.2 Å². The van der Waals surface area contributed by atoms with Gasteiger partial charge in [0.25, 0.3) is 0 Å². The summed E-state index contributed by atoms with van der Waals surface area (Å²) in [6.07, 6.45) is 14.4. The predicted molar refractivity (Wildman–Crippen MR) is 447 cm³/mol. The van der Waals surface area contributed by atoms with E-state index >= 15 is 0 Å². The summed E-state index contributed by atoms with van der Waals surface area (Å²) in [5.41, 5.74) is 22.0. The lowest BCUT2D eigenvalue weighted by Crippen LogP contribution is -2.37. The molecule has 3 atom stereocenters. The van der Waals surface area contributed by atoms with Crippen LogP contribution in [0.15, 0.2) is 297 Å². The Labute approximate surface area is 631 Å². The van der Waals surface area contributed by atoms with Crippen molar-refractivity contribution in [3.63, 3.8) is 0 Å². The van der Waals surface area contributed by atoms with Gasteiger partial charge in [-0.05, 0) is 203 Å². The number of anilines is 2. The van der Waals surface area contributed by atoms with Gasteiger partial charge in [-0.3, -0.25) is 0 Å². The van der Waals surface area contributed by atoms with E-state index in [-0.39, 0.29) is 33.6 Å². The molecule has 20 rings (SSSR count). The van der Waals surface area contributed by atoms with E-state index in [1.165, 1.54) is 78.3 Å². The molecule has 0 fully saturated rings. The SMILES string of the molecule is CC1(C)CCC(C)(C)c2cc3c(cc21)C1C=CC=CC1N3c1cccc(-c2nc(-c3cccc(CC4(C)CCC(C)(C)c5cc6c7ccccc7n(-c7cccc(-c8nc(-c9ccccc9)nc(-c9cc%10ccccc%10c%10ccccc9%10)n8)c7)c6cc54)c3)nc(-c3ccc4cc(-c5ccccc5)ccc4c3)n2)c1. The van der Waals surface area contributed by atoms with Crippen LogP contribution < -0.4 is 4.90 Å². The van der Waals surface area contributed by atoms with Crippen molar-refractivity contribution in [1.82, 2.24) is 34.5 Å². The van der Waals surface area contributed by atoms with Gasteiger partial charge in [0.1, 0.15) is 0 Å². The van der Waals surface area contributed by atoms with Crippen LogP contribution in [0.1, 0.15) is 113 Å². The van der Waals surface area contributed by atoms with E-state index in [2.05, 4.69) is 337 Å². The molecule has 3 unspecified atom stereocenters. The maximum absolute atomic E-state index is 5.55. The molecule has 0 N–H and O–H groups in total. The second-order valence-corrected chi connectivity index (χ2v) is 32.9. The molecule has 8 nitrogen and oxygen atoms in total. The molecule has 1 aliphatic heterocycles. The van der Waals surface area contributed by atoms with Gasteiger partial charge in [0.2, 0.25) is 0 Å². The number of rotatable bonds is 11. The number of fused-ring (bicyclic) bond motifs is 12. The highest BCUT2D eigenvalue weighted by atomic mass is 15.2. The van der Waals surface area contributed by atoms with E-state index in [4.69, 9.17) is 29.9 Å². The van der Waals surface area contributed by atoms with Gasteiger partial charge in [-0.1, -0.05) is 273 Å². The molecular formula is C100H82N8. The quantitative estimate of drug-likeness (QED) is 0.119. The van der Waals surface area contributed by atoms with E-state index in [1.54, 1.807) is 0 Å². The minimum atomic E-state index is -0.244. The molecular weight excluding hydrogens is 1310 g/mol. The highest BCUT2D eigenvalue weighted by molar-refractivity contribution is 6.13. The zero-order valence-electron chi connectivity index (χ0n) is 62.1. The van der Waals surface area contributed by atoms with Crippen molar-refractivity contribution >= 4 is 65.5 Å². The van der Waals surface area contributed by atoms with E-state index in [0.29, 0.717) is 34.9 Å². The van der Waals surface area contributed by atoms with Crippen molar-refractivity contribution in [1.29, 1.82) is 0 Å². The number of aromatic nitrogens is 7. The van der Waals surface area contributed by atoms with Gasteiger partial charge >= 0.3 is 0 Å². The molecule has 0 saturated carbocycles. The minimum Gasteiger partial charge on any atom is -0.333 e. The molecule has 0 saturated heterocycles. The highest BCUT2D eigenvalue weighted by Crippen LogP contribution is 2.56. The number of hydrogen-bond donors (Lipinski definition) is 0. The maximum atomic E-state index is 5.55. The van der Waals surface area contributed by atoms with Crippen LogP contribution in [0.3, 0.4) is 0 Å². The summed E-state index contributed by atoms with van der Waals surface area (Å²) < 4.78 is 2.47. The largest absolute Gasteiger partial charge is 0.333 e. The summed E-state index contributed by atoms with van der Waals surface area (Å²) in [6, 6.07) is 99.7. The highest BCUT2D eigenvalue weighted by Gasteiger charge is 2.45. The van der Waals surface area contributed by atoms with Gasteiger partial charge in [-0.2, -0.15) is 0 Å². The Kier molecular flexibility index (Phi) is 15.1. The molecule has 0 spiro atoms. The summed E-state index contributed by atoms with van der Waals surface area (Å²) in [5.74, 6) is 4.01. The first-order valence-corrected chi connectivity index (χ1v) is 38.3. The Bertz CT molecular complexity index is 6440. The van der Waals surface area contributed by atoms with E-state index in [9.17, 15) is 0 Å². The van der Waals surface area contributed by atoms with Crippen LogP contribution in [0.2, 0.25) is 0 Å². The molecule has 16 aromatic rings. The molecule has 522 valence electrons. The normalized spacial score (nSPS) is 18.0. The standard InChI is InChI=1S/C100H82N8/c1-97(2)47-48-98(3,4)85-59-89-80(57-83(85)97)78-39-18-20-41-87(78)107(89)73-34-23-32-70(54-73)93-102-92(103-95(104-93)72-46-45-66-52-65(43-44-67(66)53-72)63-26-10-8-11-27-63)69-31-22-25-62(51-69)61-100(7)50-49-99(5,6)84-58-81-79-40-19-21-42-88(79)108(90(81)60-86(84)100)74-35-24-33-71(55-74)94-101-91(64-28-12-9-13-29-64)105-96(106-94)82-56-68-30-14-15-36-75(68)76-37-16-17-38-77(76)82/h8-46,51-60,78,87H,47-50,61H2,1-7H3. The first-order chi connectivity index (χ1) is 52.5. The average Bonchev–Trinajstić information content (AvgIpc) is 1.51. The molecule has 0 radical (unpaired) electrons. The fraction of sp³-hybridized carbons (Fsp3) is 0.180. The lowest BCUT2D eigenvalue weighted by Gasteiger charge is -2.44. The molecule has 13 aromatic carbocycles. The Morgan fingerprint density at radius 2 is 0.833 bits per heavy atom. The first-order valence-electron chi connectivity index (χ1n) is 38.3. The van der Waals surface area contributed by atoms with Gasteiger partial charge in [-0.25, -0.2) is 29.9 Å². The third kappa shape index (κ3) is 11.0. The Balaban J connectivity index is 0.691. The minimum absolute atomic E-state index is 0.0610. The second-order valence-electron chi connectivity index (χ2n) is 32.9. The lowest BCUT2D eigenvalue weighted by atomic mass is 9.60. The molecule has 4 aliphatic rings. The van der Waals surface area contributed by atoms with Gasteiger partial charge in [-0.15, -0.1) is 0 Å². The number of allylic oxidation sites excluding steroid dienone is 2. The number of hydrogen-bond acceptors (Lipinski definition) is 7. The van der Waals surface area contributed by atoms with Gasteiger partial charge in [0, 0.05) is 67.1 Å². The monoisotopic (exact) mass is 1390 g/mol. The Hall–Kier alpha value is -12.3. The van der Waals surface area contributed by atoms with E-state index in [0.717, 1.165) is 103 Å². The lowest BCUT2D eigenvalue weighted by molar-refractivity contribution is 0.311. The van der Waals surface area contributed by atoms with Gasteiger partial charge in [0.05, 0.1) is 17.1 Å². The van der Waals surface area contributed by atoms with Gasteiger partial charge in [0.15, 0.2) is 34.9 Å². The van der Waals surface area contributed by atoms with Crippen LogP contribution in [0, 0.1) is 0 Å². The first kappa shape index (κ1) is 65.3. The van der Waals surface area contributed by atoms with Crippen molar-refractivity contribution in [3.8, 4) is 85.1 Å². The summed E-state index contributed by atoms with van der Waals surface area (Å²) in [4.78, 5) is 35.1. The summed E-state index contributed by atoms with van der Waals surface area (Å²) in [6.45, 7) is 17.1. The summed E-state index contributed by atoms with van der Waals surface area (Å²) in [5, 5.41) is 9.34. The molecule has 3 aromatic heterocycles. The third-order valence-corrected chi connectivity index (χ3v) is 24.6. The molecule has 4 heterocycles. The average molecular weight is 1400 g/mol. The fourth-order valence-corrected chi connectivity index (χ4v) is 18.5. The predicted octanol–water partition coefficient (Wildman–Crippen LogP) is 24.9. The molecule has 0 amide bonds. The van der Waals surface area contributed by atoms with Gasteiger partial charge < -0.3 is 9.47 Å². The number of para-hydroxylation sites is 1. The van der Waals surface area contributed by atoms with Crippen molar-refractivity contribution in [2.24, 2.45) is 0 Å². The number of benzene rings is 13. The Morgan fingerprint density at radius 3 is 1.54 bits per heavy atom. The van der Waals surface area contributed by atoms with Crippen molar-refractivity contribution in [2.45, 2.75) is 114 Å². The van der Waals surface area contributed by atoms with Crippen LogP contribution in [-0.2, 0) is 28.1 Å². The zero-order valence-corrected chi connectivity index (χ0v) is 62.1. The molecule has 3 aliphatic carbocycles. The topological polar surface area (TPSA) is 85.5 Å². The third-order valence-electron chi connectivity index (χ3n) is 24.6. The summed E-state index contributed by atoms with van der Waals surface area (Å²) >= 11 is 0. The van der Waals surface area contributed by atoms with Crippen LogP contribution in [-0.4, -0.2) is 40.5 Å². The fourth-order valence-electron chi connectivity index (χ4n) is 18.5. The number of nitrogens with zero attached hydrogens (tertiary/aromatic N) is 8. The van der Waals surface area contributed by atoms with E-state index < -0.39 is 0 Å².